The Morgan fingerprint density at radius 2 is 1.85 bits per heavy atom. The largest absolute Gasteiger partial charge is 0.242 e. The maximum Gasteiger partial charge on any atom is 0.201 e. The van der Waals surface area contributed by atoms with Gasteiger partial charge in [0.25, 0.3) is 0 Å². The fourth-order valence-corrected chi connectivity index (χ4v) is 2.84. The minimum absolute atomic E-state index is 0.262. The molecule has 0 unspecified atom stereocenters. The zero-order valence-electron chi connectivity index (χ0n) is 11.9. The summed E-state index contributed by atoms with van der Waals surface area (Å²) in [5, 5.41) is 13.6. The second-order valence-corrected chi connectivity index (χ2v) is 6.09. The van der Waals surface area contributed by atoms with Crippen LogP contribution in [-0.4, -0.2) is 24.8 Å². The lowest BCUT2D eigenvalue weighted by molar-refractivity contribution is 0.537. The highest BCUT2D eigenvalue weighted by atomic mass is 79.9. The van der Waals surface area contributed by atoms with Crippen LogP contribution in [0, 0.1) is 13.8 Å². The Balaban J connectivity index is 2.20. The Hall–Kier alpha value is -1.69. The van der Waals surface area contributed by atoms with Crippen molar-refractivity contribution in [2.45, 2.75) is 33.7 Å². The summed E-state index contributed by atoms with van der Waals surface area (Å²) in [6.07, 6.45) is 0. The standard InChI is InChI=1S/C14H16BrN5/c1-8(2)19-14-13(10(4)16-19)17-20(18-14)12-6-5-9(3)7-11(12)15/h5-8H,1-4H3. The first-order chi connectivity index (χ1) is 9.47. The van der Waals surface area contributed by atoms with Gasteiger partial charge < -0.3 is 0 Å². The predicted molar refractivity (Wildman–Crippen MR) is 82.2 cm³/mol. The molecule has 0 atom stereocenters. The molecule has 0 N–H and O–H groups in total. The molecule has 3 aromatic rings. The molecule has 0 bridgehead atoms. The molecule has 2 aromatic heterocycles. The summed E-state index contributed by atoms with van der Waals surface area (Å²) < 4.78 is 2.90. The first-order valence-electron chi connectivity index (χ1n) is 6.56. The van der Waals surface area contributed by atoms with Crippen LogP contribution in [0.4, 0.5) is 0 Å². The van der Waals surface area contributed by atoms with E-state index < -0.39 is 0 Å². The van der Waals surface area contributed by atoms with E-state index >= 15 is 0 Å². The van der Waals surface area contributed by atoms with Crippen LogP contribution in [0.5, 0.6) is 0 Å². The van der Waals surface area contributed by atoms with Crippen molar-refractivity contribution in [2.24, 2.45) is 0 Å². The van der Waals surface area contributed by atoms with E-state index in [2.05, 4.69) is 64.1 Å². The van der Waals surface area contributed by atoms with Gasteiger partial charge in [0.15, 0.2) is 5.52 Å². The molecule has 3 rings (SSSR count). The molecule has 20 heavy (non-hydrogen) atoms. The number of aryl methyl sites for hydroxylation is 2. The SMILES string of the molecule is Cc1ccc(-n2nc3c(C)nn(C(C)C)c3n2)c(Br)c1. The Morgan fingerprint density at radius 1 is 1.10 bits per heavy atom. The van der Waals surface area contributed by atoms with E-state index in [9.17, 15) is 0 Å². The van der Waals surface area contributed by atoms with Crippen molar-refractivity contribution in [3.05, 3.63) is 33.9 Å². The summed E-state index contributed by atoms with van der Waals surface area (Å²) in [7, 11) is 0. The Labute approximate surface area is 125 Å². The maximum absolute atomic E-state index is 4.59. The first-order valence-corrected chi connectivity index (χ1v) is 7.35. The lowest BCUT2D eigenvalue weighted by Gasteiger charge is -2.06. The van der Waals surface area contributed by atoms with Gasteiger partial charge >= 0.3 is 0 Å². The molecule has 5 nitrogen and oxygen atoms in total. The average Bonchev–Trinajstić information content (AvgIpc) is 2.90. The zero-order valence-corrected chi connectivity index (χ0v) is 13.5. The van der Waals surface area contributed by atoms with Crippen molar-refractivity contribution in [1.29, 1.82) is 0 Å². The van der Waals surface area contributed by atoms with Crippen molar-refractivity contribution in [3.63, 3.8) is 0 Å². The molecule has 1 aromatic carbocycles. The number of fused-ring (bicyclic) bond motifs is 1. The van der Waals surface area contributed by atoms with Gasteiger partial charge in [-0.2, -0.15) is 5.10 Å². The van der Waals surface area contributed by atoms with Crippen LogP contribution in [0.15, 0.2) is 22.7 Å². The van der Waals surface area contributed by atoms with Gasteiger partial charge in [-0.05, 0) is 61.3 Å². The summed E-state index contributed by atoms with van der Waals surface area (Å²) in [5.41, 5.74) is 4.71. The van der Waals surface area contributed by atoms with Crippen LogP contribution in [0.25, 0.3) is 16.9 Å². The minimum Gasteiger partial charge on any atom is -0.242 e. The molecular formula is C14H16BrN5. The number of nitrogens with zero attached hydrogens (tertiary/aromatic N) is 5. The van der Waals surface area contributed by atoms with Gasteiger partial charge in [-0.25, -0.2) is 4.68 Å². The fourth-order valence-electron chi connectivity index (χ4n) is 2.19. The summed E-state index contributed by atoms with van der Waals surface area (Å²) >= 11 is 3.57. The predicted octanol–water partition coefficient (Wildman–Crippen LogP) is 3.58. The number of halogens is 1. The number of hydrogen-bond donors (Lipinski definition) is 0. The van der Waals surface area contributed by atoms with Crippen LogP contribution in [0.2, 0.25) is 0 Å². The molecule has 0 aliphatic carbocycles. The van der Waals surface area contributed by atoms with Gasteiger partial charge in [0.1, 0.15) is 0 Å². The second kappa shape index (κ2) is 4.70. The lowest BCUT2D eigenvalue weighted by Crippen LogP contribution is -2.06. The van der Waals surface area contributed by atoms with Crippen LogP contribution >= 0.6 is 15.9 Å². The fraction of sp³-hybridized carbons (Fsp3) is 0.357. The van der Waals surface area contributed by atoms with Gasteiger partial charge in [-0.15, -0.1) is 15.0 Å². The third-order valence-corrected chi connectivity index (χ3v) is 3.86. The quantitative estimate of drug-likeness (QED) is 0.720. The molecule has 0 aliphatic heterocycles. The lowest BCUT2D eigenvalue weighted by atomic mass is 10.2. The highest BCUT2D eigenvalue weighted by Crippen LogP contribution is 2.24. The van der Waals surface area contributed by atoms with Crippen LogP contribution in [-0.2, 0) is 0 Å². The Bertz CT molecular complexity index is 784. The van der Waals surface area contributed by atoms with Crippen molar-refractivity contribution >= 4 is 27.1 Å². The summed E-state index contributed by atoms with van der Waals surface area (Å²) in [5.74, 6) is 0. The summed E-state index contributed by atoms with van der Waals surface area (Å²) in [6.45, 7) is 8.20. The molecule has 0 amide bonds. The van der Waals surface area contributed by atoms with E-state index in [0.717, 1.165) is 27.0 Å². The van der Waals surface area contributed by atoms with Crippen LogP contribution in [0.3, 0.4) is 0 Å². The molecule has 6 heteroatoms. The third kappa shape index (κ3) is 2.04. The first kappa shape index (κ1) is 13.3. The molecule has 0 aliphatic rings. The maximum atomic E-state index is 4.59. The Kier molecular flexibility index (Phi) is 3.12. The monoisotopic (exact) mass is 333 g/mol. The van der Waals surface area contributed by atoms with E-state index in [1.165, 1.54) is 5.56 Å². The van der Waals surface area contributed by atoms with Crippen molar-refractivity contribution in [3.8, 4) is 5.69 Å². The molecule has 0 fully saturated rings. The van der Waals surface area contributed by atoms with Crippen molar-refractivity contribution in [2.75, 3.05) is 0 Å². The highest BCUT2D eigenvalue weighted by molar-refractivity contribution is 9.10. The van der Waals surface area contributed by atoms with E-state index in [1.54, 1.807) is 4.80 Å². The van der Waals surface area contributed by atoms with Gasteiger partial charge in [0.05, 0.1) is 11.4 Å². The number of aromatic nitrogens is 5. The molecule has 2 heterocycles. The highest BCUT2D eigenvalue weighted by Gasteiger charge is 2.17. The van der Waals surface area contributed by atoms with E-state index in [-0.39, 0.29) is 6.04 Å². The van der Waals surface area contributed by atoms with Gasteiger partial charge in [0.2, 0.25) is 5.65 Å². The van der Waals surface area contributed by atoms with Crippen molar-refractivity contribution < 1.29 is 0 Å². The number of hydrogen-bond acceptors (Lipinski definition) is 3. The van der Waals surface area contributed by atoms with E-state index in [4.69, 9.17) is 0 Å². The van der Waals surface area contributed by atoms with Gasteiger partial charge in [-0.3, -0.25) is 0 Å². The smallest absolute Gasteiger partial charge is 0.201 e. The number of rotatable bonds is 2. The molecule has 104 valence electrons. The second-order valence-electron chi connectivity index (χ2n) is 5.24. The van der Waals surface area contributed by atoms with E-state index in [0.29, 0.717) is 0 Å². The average molecular weight is 334 g/mol. The summed E-state index contributed by atoms with van der Waals surface area (Å²) in [6, 6.07) is 6.39. The third-order valence-electron chi connectivity index (χ3n) is 3.22. The molecule has 0 saturated heterocycles. The van der Waals surface area contributed by atoms with E-state index in [1.807, 2.05) is 17.7 Å². The van der Waals surface area contributed by atoms with Gasteiger partial charge in [0, 0.05) is 10.5 Å². The van der Waals surface area contributed by atoms with Crippen LogP contribution in [0.1, 0.15) is 31.1 Å². The van der Waals surface area contributed by atoms with Gasteiger partial charge in [-0.1, -0.05) is 6.07 Å². The number of benzene rings is 1. The zero-order chi connectivity index (χ0) is 14.4. The van der Waals surface area contributed by atoms with Crippen molar-refractivity contribution in [1.82, 2.24) is 24.8 Å². The molecule has 0 radical (unpaired) electrons. The normalized spacial score (nSPS) is 11.7. The summed E-state index contributed by atoms with van der Waals surface area (Å²) in [4.78, 5) is 1.67. The topological polar surface area (TPSA) is 48.5 Å². The molecule has 0 spiro atoms. The molecular weight excluding hydrogens is 318 g/mol. The Morgan fingerprint density at radius 3 is 2.50 bits per heavy atom. The van der Waals surface area contributed by atoms with Crippen LogP contribution < -0.4 is 0 Å². The molecule has 0 saturated carbocycles. The minimum atomic E-state index is 0.262.